The third-order valence-corrected chi connectivity index (χ3v) is 7.76. The number of fused-ring (bicyclic) bond motifs is 1. The van der Waals surface area contributed by atoms with Crippen LogP contribution in [0, 0.1) is 6.92 Å². The van der Waals surface area contributed by atoms with Crippen LogP contribution in [-0.2, 0) is 21.7 Å². The second kappa shape index (κ2) is 10.3. The molecule has 3 aromatic rings. The summed E-state index contributed by atoms with van der Waals surface area (Å²) >= 11 is 0. The number of carbonyl (C=O) groups is 1. The average Bonchev–Trinajstić information content (AvgIpc) is 3.52. The van der Waals surface area contributed by atoms with Gasteiger partial charge in [-0.3, -0.25) is 0 Å². The lowest BCUT2D eigenvalue weighted by molar-refractivity contribution is -0.185. The molecule has 1 atom stereocenters. The van der Waals surface area contributed by atoms with Crippen LogP contribution in [0.1, 0.15) is 54.4 Å². The Balaban J connectivity index is 1.39. The van der Waals surface area contributed by atoms with Crippen LogP contribution in [-0.4, -0.2) is 31.1 Å². The topological polar surface area (TPSA) is 83.5 Å². The predicted octanol–water partition coefficient (Wildman–Crippen LogP) is 5.84. The van der Waals surface area contributed by atoms with E-state index >= 15 is 0 Å². The third kappa shape index (κ3) is 4.83. The van der Waals surface area contributed by atoms with Gasteiger partial charge in [0, 0.05) is 17.6 Å². The summed E-state index contributed by atoms with van der Waals surface area (Å²) in [6.07, 6.45) is 6.40. The first kappa shape index (κ1) is 25.3. The van der Waals surface area contributed by atoms with Gasteiger partial charge in [-0.05, 0) is 91.8 Å². The molecule has 2 aliphatic heterocycles. The monoisotopic (exact) mass is 528 g/mol. The maximum atomic E-state index is 13.4. The lowest BCUT2D eigenvalue weighted by Crippen LogP contribution is -2.29. The normalized spacial score (nSPS) is 20.7. The number of cyclic esters (lactones) is 1. The molecule has 1 fully saturated rings. The van der Waals surface area contributed by atoms with E-state index in [4.69, 9.17) is 23.7 Å². The molecule has 0 amide bonds. The number of benzene rings is 3. The van der Waals surface area contributed by atoms with Crippen molar-refractivity contribution in [2.75, 3.05) is 13.9 Å². The number of rotatable bonds is 7. The molecule has 1 unspecified atom stereocenters. The molecule has 0 radical (unpaired) electrons. The van der Waals surface area contributed by atoms with Gasteiger partial charge in [-0.1, -0.05) is 24.6 Å². The first-order valence-electron chi connectivity index (χ1n) is 13.4. The smallest absolute Gasteiger partial charge is 0.342 e. The highest BCUT2D eigenvalue weighted by atomic mass is 16.7. The van der Waals surface area contributed by atoms with Gasteiger partial charge in [-0.2, -0.15) is 0 Å². The Morgan fingerprint density at radius 2 is 1.72 bits per heavy atom. The summed E-state index contributed by atoms with van der Waals surface area (Å²) in [6.45, 7) is 2.15. The fourth-order valence-corrected chi connectivity index (χ4v) is 5.66. The van der Waals surface area contributed by atoms with Crippen LogP contribution in [0.4, 0.5) is 0 Å². The number of aryl methyl sites for hydroxylation is 1. The van der Waals surface area contributed by atoms with Gasteiger partial charge in [-0.15, -0.1) is 0 Å². The lowest BCUT2D eigenvalue weighted by atomic mass is 9.87. The SMILES string of the molecule is COc1ccc(C2(O)OC(=O)C(c3ccc4c(c3)OCO4)=C2Cc2ccc(OC3CCCCC3)c(C)c2)cc1. The molecule has 1 saturated carbocycles. The van der Waals surface area contributed by atoms with E-state index < -0.39 is 11.8 Å². The van der Waals surface area contributed by atoms with Gasteiger partial charge in [0.15, 0.2) is 11.5 Å². The summed E-state index contributed by atoms with van der Waals surface area (Å²) < 4.78 is 28.3. The Morgan fingerprint density at radius 1 is 0.949 bits per heavy atom. The quantitative estimate of drug-likeness (QED) is 0.386. The van der Waals surface area contributed by atoms with Crippen molar-refractivity contribution in [3.63, 3.8) is 0 Å². The van der Waals surface area contributed by atoms with Crippen molar-refractivity contribution in [2.24, 2.45) is 0 Å². The van der Waals surface area contributed by atoms with E-state index in [1.807, 2.05) is 19.1 Å². The zero-order valence-corrected chi connectivity index (χ0v) is 22.2. The molecular formula is C32H32O7. The summed E-state index contributed by atoms with van der Waals surface area (Å²) in [5.74, 6) is 0.127. The molecule has 3 aromatic carbocycles. The first-order valence-corrected chi connectivity index (χ1v) is 13.4. The second-order valence-corrected chi connectivity index (χ2v) is 10.3. The zero-order valence-electron chi connectivity index (χ0n) is 22.2. The minimum absolute atomic E-state index is 0.124. The van der Waals surface area contributed by atoms with Crippen LogP contribution < -0.4 is 18.9 Å². The van der Waals surface area contributed by atoms with E-state index in [9.17, 15) is 9.90 Å². The first-order chi connectivity index (χ1) is 18.9. The van der Waals surface area contributed by atoms with Crippen LogP contribution in [0.5, 0.6) is 23.0 Å². The Hall–Kier alpha value is -3.97. The largest absolute Gasteiger partial charge is 0.497 e. The van der Waals surface area contributed by atoms with E-state index in [1.165, 1.54) is 19.3 Å². The Kier molecular flexibility index (Phi) is 6.69. The minimum Gasteiger partial charge on any atom is -0.497 e. The fraction of sp³-hybridized carbons (Fsp3) is 0.344. The van der Waals surface area contributed by atoms with Gasteiger partial charge in [-0.25, -0.2) is 4.79 Å². The average molecular weight is 529 g/mol. The van der Waals surface area contributed by atoms with E-state index in [0.717, 1.165) is 29.7 Å². The second-order valence-electron chi connectivity index (χ2n) is 10.3. The minimum atomic E-state index is -1.94. The van der Waals surface area contributed by atoms with Crippen molar-refractivity contribution in [1.82, 2.24) is 0 Å². The molecule has 1 aliphatic carbocycles. The molecule has 7 heteroatoms. The molecule has 1 N–H and O–H groups in total. The van der Waals surface area contributed by atoms with Gasteiger partial charge >= 0.3 is 5.97 Å². The summed E-state index contributed by atoms with van der Waals surface area (Å²) in [5, 5.41) is 12.0. The predicted molar refractivity (Wildman–Crippen MR) is 145 cm³/mol. The summed E-state index contributed by atoms with van der Waals surface area (Å²) in [6, 6.07) is 18.2. The number of ether oxygens (including phenoxy) is 5. The van der Waals surface area contributed by atoms with Crippen LogP contribution in [0.25, 0.3) is 5.57 Å². The molecule has 7 nitrogen and oxygen atoms in total. The van der Waals surface area contributed by atoms with Gasteiger partial charge in [0.05, 0.1) is 18.8 Å². The number of hydrogen-bond acceptors (Lipinski definition) is 7. The number of methoxy groups -OCH3 is 1. The summed E-state index contributed by atoms with van der Waals surface area (Å²) in [5.41, 5.74) is 3.75. The van der Waals surface area contributed by atoms with Crippen LogP contribution in [0.15, 0.2) is 66.2 Å². The molecule has 0 bridgehead atoms. The van der Waals surface area contributed by atoms with Gasteiger partial charge < -0.3 is 28.8 Å². The third-order valence-electron chi connectivity index (χ3n) is 7.76. The van der Waals surface area contributed by atoms with E-state index in [-0.39, 0.29) is 12.9 Å². The molecular weight excluding hydrogens is 496 g/mol. The fourth-order valence-electron chi connectivity index (χ4n) is 5.66. The number of esters is 1. The molecule has 2 heterocycles. The number of carbonyl (C=O) groups excluding carboxylic acids is 1. The molecule has 39 heavy (non-hydrogen) atoms. The van der Waals surface area contributed by atoms with Crippen molar-refractivity contribution in [2.45, 2.75) is 57.3 Å². The zero-order chi connectivity index (χ0) is 27.0. The highest BCUT2D eigenvalue weighted by Gasteiger charge is 2.48. The summed E-state index contributed by atoms with van der Waals surface area (Å²) in [4.78, 5) is 13.4. The number of aliphatic hydroxyl groups is 1. The summed E-state index contributed by atoms with van der Waals surface area (Å²) in [7, 11) is 1.58. The Labute approximate surface area is 227 Å². The number of hydrogen-bond donors (Lipinski definition) is 1. The van der Waals surface area contributed by atoms with Crippen molar-refractivity contribution >= 4 is 11.5 Å². The lowest BCUT2D eigenvalue weighted by Gasteiger charge is -2.26. The van der Waals surface area contributed by atoms with Gasteiger partial charge in [0.1, 0.15) is 11.5 Å². The maximum absolute atomic E-state index is 13.4. The Morgan fingerprint density at radius 3 is 2.46 bits per heavy atom. The van der Waals surface area contributed by atoms with Crippen LogP contribution in [0.3, 0.4) is 0 Å². The molecule has 0 aromatic heterocycles. The van der Waals surface area contributed by atoms with Crippen molar-refractivity contribution < 1.29 is 33.6 Å². The molecule has 0 spiro atoms. The van der Waals surface area contributed by atoms with Gasteiger partial charge in [0.2, 0.25) is 6.79 Å². The molecule has 202 valence electrons. The van der Waals surface area contributed by atoms with Crippen molar-refractivity contribution in [1.29, 1.82) is 0 Å². The highest BCUT2D eigenvalue weighted by molar-refractivity contribution is 6.20. The maximum Gasteiger partial charge on any atom is 0.342 e. The Bertz CT molecular complexity index is 1420. The molecule has 6 rings (SSSR count). The van der Waals surface area contributed by atoms with Crippen LogP contribution >= 0.6 is 0 Å². The van der Waals surface area contributed by atoms with Crippen LogP contribution in [0.2, 0.25) is 0 Å². The highest BCUT2D eigenvalue weighted by Crippen LogP contribution is 2.46. The van der Waals surface area contributed by atoms with E-state index in [1.54, 1.807) is 49.6 Å². The van der Waals surface area contributed by atoms with Crippen molar-refractivity contribution in [3.8, 4) is 23.0 Å². The standard InChI is InChI=1S/C32H32O7/c1-20-16-21(8-14-27(20)38-25-6-4-3-5-7-25)17-26-30(22-9-15-28-29(18-22)37-19-36-28)31(33)39-32(26,34)23-10-12-24(35-2)13-11-23/h8-16,18,25,34H,3-7,17,19H2,1-2H3. The van der Waals surface area contributed by atoms with E-state index in [0.29, 0.717) is 45.9 Å². The van der Waals surface area contributed by atoms with E-state index in [2.05, 4.69) is 6.07 Å². The van der Waals surface area contributed by atoms with Crippen molar-refractivity contribution in [3.05, 3.63) is 88.5 Å². The molecule has 0 saturated heterocycles. The van der Waals surface area contributed by atoms with Gasteiger partial charge in [0.25, 0.3) is 5.79 Å². The molecule has 3 aliphatic rings.